The van der Waals surface area contributed by atoms with E-state index in [1.165, 1.54) is 24.3 Å². The van der Waals surface area contributed by atoms with Crippen molar-refractivity contribution < 1.29 is 23.4 Å². The summed E-state index contributed by atoms with van der Waals surface area (Å²) in [6.45, 7) is 0. The van der Waals surface area contributed by atoms with Gasteiger partial charge in [-0.3, -0.25) is 4.79 Å². The molecule has 2 aromatic rings. The lowest BCUT2D eigenvalue weighted by Crippen LogP contribution is -2.55. The van der Waals surface area contributed by atoms with E-state index in [-0.39, 0.29) is 23.3 Å². The molecule has 2 saturated carbocycles. The molecule has 31 heavy (non-hydrogen) atoms. The second-order valence-corrected chi connectivity index (χ2v) is 9.25. The van der Waals surface area contributed by atoms with Gasteiger partial charge in [-0.25, -0.2) is 8.78 Å². The number of carbonyl (C=O) groups excluding carboxylic acids is 1. The molecule has 1 N–H and O–H groups in total. The van der Waals surface area contributed by atoms with E-state index in [1.807, 2.05) is 6.08 Å². The van der Waals surface area contributed by atoms with Crippen molar-refractivity contribution in [2.45, 2.75) is 56.8 Å². The lowest BCUT2D eigenvalue weighted by Gasteiger charge is -2.53. The Morgan fingerprint density at radius 1 is 0.968 bits per heavy atom. The largest absolute Gasteiger partial charge is 0.365 e. The molecule has 3 fully saturated rings. The number of halogens is 2. The first kappa shape index (κ1) is 20.5. The summed E-state index contributed by atoms with van der Waals surface area (Å²) >= 11 is 0. The topological polar surface area (TPSA) is 46.5 Å². The second kappa shape index (κ2) is 7.64. The van der Waals surface area contributed by atoms with E-state index in [0.717, 1.165) is 30.4 Å². The first-order valence-electron chi connectivity index (χ1n) is 11.1. The van der Waals surface area contributed by atoms with Gasteiger partial charge in [0.25, 0.3) is 0 Å². The van der Waals surface area contributed by atoms with Crippen molar-refractivity contribution in [2.24, 2.45) is 11.3 Å². The number of fused-ring (bicyclic) bond motifs is 1. The average Bonchev–Trinajstić information content (AvgIpc) is 3.06. The van der Waals surface area contributed by atoms with Crippen molar-refractivity contribution in [3.8, 4) is 0 Å². The number of benzene rings is 2. The van der Waals surface area contributed by atoms with Crippen LogP contribution in [-0.2, 0) is 9.53 Å². The molecule has 162 valence electrons. The lowest BCUT2D eigenvalue weighted by atomic mass is 9.63. The molecule has 0 unspecified atom stereocenters. The molecule has 1 heterocycles. The van der Waals surface area contributed by atoms with Gasteiger partial charge in [-0.1, -0.05) is 30.7 Å². The Hall–Kier alpha value is -2.37. The third-order valence-electron chi connectivity index (χ3n) is 7.38. The van der Waals surface area contributed by atoms with Gasteiger partial charge in [0.1, 0.15) is 11.6 Å². The summed E-state index contributed by atoms with van der Waals surface area (Å²) in [6.07, 6.45) is 6.27. The standard InChI is InChI=1S/C26H26F2O3/c27-21-8-4-17(5-9-21)15-19-12-14-25(23(19)29)16-20-3-1-2-13-26(20,30)31-24(25)18-6-10-22(28)11-7-18/h4-11,15,20,24,30H,1-3,12-14,16H2/t20-,24+,25-,26-/m0/s1. The Labute approximate surface area is 180 Å². The highest BCUT2D eigenvalue weighted by molar-refractivity contribution is 6.06. The van der Waals surface area contributed by atoms with E-state index in [4.69, 9.17) is 4.74 Å². The summed E-state index contributed by atoms with van der Waals surface area (Å²) in [5.41, 5.74) is 1.42. The van der Waals surface area contributed by atoms with Crippen LogP contribution in [0, 0.1) is 23.0 Å². The van der Waals surface area contributed by atoms with Crippen LogP contribution < -0.4 is 0 Å². The quantitative estimate of drug-likeness (QED) is 0.626. The van der Waals surface area contributed by atoms with Gasteiger partial charge in [0, 0.05) is 12.3 Å². The molecule has 0 amide bonds. The molecule has 5 rings (SSSR count). The zero-order valence-corrected chi connectivity index (χ0v) is 17.3. The Morgan fingerprint density at radius 3 is 2.35 bits per heavy atom. The molecule has 0 aromatic heterocycles. The number of allylic oxidation sites excluding steroid dienone is 1. The maximum absolute atomic E-state index is 13.8. The fraction of sp³-hybridized carbons (Fsp3) is 0.423. The normalized spacial score (nSPS) is 34.3. The number of ketones is 1. The third-order valence-corrected chi connectivity index (χ3v) is 7.38. The Balaban J connectivity index is 1.54. The van der Waals surface area contributed by atoms with E-state index < -0.39 is 17.3 Å². The van der Waals surface area contributed by atoms with Crippen LogP contribution in [0.25, 0.3) is 6.08 Å². The fourth-order valence-corrected chi connectivity index (χ4v) is 5.75. The van der Waals surface area contributed by atoms with E-state index in [1.54, 1.807) is 24.3 Å². The first-order chi connectivity index (χ1) is 14.9. The molecule has 3 aliphatic rings. The Morgan fingerprint density at radius 2 is 1.65 bits per heavy atom. The molecule has 1 spiro atoms. The molecule has 1 aliphatic heterocycles. The minimum atomic E-state index is -1.24. The average molecular weight is 424 g/mol. The Bertz CT molecular complexity index is 1010. The first-order valence-corrected chi connectivity index (χ1v) is 11.1. The number of rotatable bonds is 2. The smallest absolute Gasteiger partial charge is 0.169 e. The van der Waals surface area contributed by atoms with Gasteiger partial charge in [0.2, 0.25) is 0 Å². The molecule has 4 atom stereocenters. The molecule has 1 saturated heterocycles. The van der Waals surface area contributed by atoms with E-state index in [2.05, 4.69) is 0 Å². The molecule has 0 bridgehead atoms. The van der Waals surface area contributed by atoms with Gasteiger partial charge in [-0.2, -0.15) is 0 Å². The number of aliphatic hydroxyl groups is 1. The monoisotopic (exact) mass is 424 g/mol. The van der Waals surface area contributed by atoms with Gasteiger partial charge >= 0.3 is 0 Å². The van der Waals surface area contributed by atoms with Crippen LogP contribution in [0.5, 0.6) is 0 Å². The van der Waals surface area contributed by atoms with Crippen LogP contribution in [0.4, 0.5) is 8.78 Å². The molecule has 5 heteroatoms. The zero-order valence-electron chi connectivity index (χ0n) is 17.3. The van der Waals surface area contributed by atoms with Crippen LogP contribution in [0.1, 0.15) is 62.2 Å². The SMILES string of the molecule is O=C1C(=Cc2ccc(F)cc2)CC[C@]12C[C@@H]1CCCC[C@]1(O)O[C@@H]2c1ccc(F)cc1. The van der Waals surface area contributed by atoms with Gasteiger partial charge in [0.15, 0.2) is 11.6 Å². The van der Waals surface area contributed by atoms with Crippen molar-refractivity contribution in [3.63, 3.8) is 0 Å². The summed E-state index contributed by atoms with van der Waals surface area (Å²) in [7, 11) is 0. The van der Waals surface area contributed by atoms with Crippen molar-refractivity contribution >= 4 is 11.9 Å². The van der Waals surface area contributed by atoms with Crippen LogP contribution in [0.15, 0.2) is 54.1 Å². The second-order valence-electron chi connectivity index (χ2n) is 9.25. The van der Waals surface area contributed by atoms with Gasteiger partial charge in [-0.05, 0) is 79.1 Å². The summed E-state index contributed by atoms with van der Waals surface area (Å²) in [4.78, 5) is 13.8. The van der Waals surface area contributed by atoms with Crippen molar-refractivity contribution in [2.75, 3.05) is 0 Å². The summed E-state index contributed by atoms with van der Waals surface area (Å²) < 4.78 is 33.2. The molecule has 2 aliphatic carbocycles. The third kappa shape index (κ3) is 3.54. The minimum Gasteiger partial charge on any atom is -0.365 e. The number of Topliss-reactive ketones (excluding diaryl/α,β-unsaturated/α-hetero) is 1. The highest BCUT2D eigenvalue weighted by atomic mass is 19.1. The highest BCUT2D eigenvalue weighted by Gasteiger charge is 2.61. The zero-order chi connectivity index (χ0) is 21.6. The summed E-state index contributed by atoms with van der Waals surface area (Å²) in [6, 6.07) is 12.1. The molecule has 0 radical (unpaired) electrons. The van der Waals surface area contributed by atoms with E-state index >= 15 is 0 Å². The van der Waals surface area contributed by atoms with Crippen LogP contribution in [0.3, 0.4) is 0 Å². The molecular weight excluding hydrogens is 398 g/mol. The van der Waals surface area contributed by atoms with Crippen molar-refractivity contribution in [1.82, 2.24) is 0 Å². The van der Waals surface area contributed by atoms with Crippen molar-refractivity contribution in [1.29, 1.82) is 0 Å². The number of hydrogen-bond acceptors (Lipinski definition) is 3. The lowest BCUT2D eigenvalue weighted by molar-refractivity contribution is -0.323. The van der Waals surface area contributed by atoms with Crippen molar-refractivity contribution in [3.05, 3.63) is 76.9 Å². The fourth-order valence-electron chi connectivity index (χ4n) is 5.75. The molecule has 3 nitrogen and oxygen atoms in total. The highest BCUT2D eigenvalue weighted by Crippen LogP contribution is 2.60. The van der Waals surface area contributed by atoms with Gasteiger partial charge < -0.3 is 9.84 Å². The predicted molar refractivity (Wildman–Crippen MR) is 113 cm³/mol. The summed E-state index contributed by atoms with van der Waals surface area (Å²) in [5, 5.41) is 11.3. The van der Waals surface area contributed by atoms with Gasteiger partial charge in [-0.15, -0.1) is 0 Å². The number of ether oxygens (including phenoxy) is 1. The van der Waals surface area contributed by atoms with Gasteiger partial charge in [0.05, 0.1) is 11.5 Å². The minimum absolute atomic E-state index is 0.0266. The van der Waals surface area contributed by atoms with Crippen LogP contribution in [0.2, 0.25) is 0 Å². The maximum Gasteiger partial charge on any atom is 0.169 e. The van der Waals surface area contributed by atoms with E-state index in [0.29, 0.717) is 31.3 Å². The number of carbonyl (C=O) groups is 1. The maximum atomic E-state index is 13.8. The Kier molecular flexibility index (Phi) is 5.06. The predicted octanol–water partition coefficient (Wildman–Crippen LogP) is 5.74. The molecule has 2 aromatic carbocycles. The summed E-state index contributed by atoms with van der Waals surface area (Å²) in [5.74, 6) is -1.97. The molecular formula is C26H26F2O3. The van der Waals surface area contributed by atoms with E-state index in [9.17, 15) is 18.7 Å². The number of hydrogen-bond donors (Lipinski definition) is 1. The van der Waals surface area contributed by atoms with Crippen LogP contribution >= 0.6 is 0 Å². The van der Waals surface area contributed by atoms with Crippen LogP contribution in [-0.4, -0.2) is 16.7 Å².